The molecule has 0 aliphatic heterocycles. The fourth-order valence-corrected chi connectivity index (χ4v) is 2.09. The average Bonchev–Trinajstić information content (AvgIpc) is 2.55. The molecule has 0 atom stereocenters. The molecular weight excluding hydrogens is 266 g/mol. The number of rotatable bonds is 5. The summed E-state index contributed by atoms with van der Waals surface area (Å²) in [4.78, 5) is 12.2. The summed E-state index contributed by atoms with van der Waals surface area (Å²) in [6, 6.07) is 16.8. The van der Waals surface area contributed by atoms with Crippen LogP contribution in [-0.4, -0.2) is 21.6 Å². The Morgan fingerprint density at radius 1 is 1.00 bits per heavy atom. The van der Waals surface area contributed by atoms with E-state index in [1.54, 1.807) is 12.1 Å². The smallest absolute Gasteiger partial charge is 0.277 e. The number of benzene rings is 2. The summed E-state index contributed by atoms with van der Waals surface area (Å²) in [7, 11) is 0. The van der Waals surface area contributed by atoms with E-state index in [1.807, 2.05) is 42.5 Å². The Kier molecular flexibility index (Phi) is 3.91. The van der Waals surface area contributed by atoms with E-state index in [0.717, 1.165) is 5.75 Å². The van der Waals surface area contributed by atoms with Crippen molar-refractivity contribution in [1.82, 2.24) is 15.0 Å². The minimum atomic E-state index is -0.111. The Labute approximate surface area is 121 Å². The van der Waals surface area contributed by atoms with E-state index >= 15 is 0 Å². The van der Waals surface area contributed by atoms with Gasteiger partial charge in [0.2, 0.25) is 0 Å². The summed E-state index contributed by atoms with van der Waals surface area (Å²) in [5, 5.41) is 8.59. The first-order valence-electron chi connectivity index (χ1n) is 6.85. The molecule has 0 aliphatic carbocycles. The molecule has 0 N–H and O–H groups in total. The first-order valence-corrected chi connectivity index (χ1v) is 6.85. The molecule has 0 unspecified atom stereocenters. The molecule has 0 amide bonds. The van der Waals surface area contributed by atoms with Crippen LogP contribution in [0, 0.1) is 0 Å². The lowest BCUT2D eigenvalue weighted by Crippen LogP contribution is -2.25. The molecule has 106 valence electrons. The number of hydrogen-bond donors (Lipinski definition) is 0. The van der Waals surface area contributed by atoms with Gasteiger partial charge >= 0.3 is 0 Å². The lowest BCUT2D eigenvalue weighted by Gasteiger charge is -2.07. The van der Waals surface area contributed by atoms with Gasteiger partial charge < -0.3 is 4.74 Å². The van der Waals surface area contributed by atoms with Crippen molar-refractivity contribution in [1.29, 1.82) is 0 Å². The monoisotopic (exact) mass is 281 g/mol. The van der Waals surface area contributed by atoms with Gasteiger partial charge in [-0.25, -0.2) is 4.68 Å². The largest absolute Gasteiger partial charge is 0.494 e. The van der Waals surface area contributed by atoms with Gasteiger partial charge in [-0.05, 0) is 24.3 Å². The van der Waals surface area contributed by atoms with Gasteiger partial charge in [0.05, 0.1) is 12.0 Å². The van der Waals surface area contributed by atoms with Crippen molar-refractivity contribution in [3.8, 4) is 5.75 Å². The van der Waals surface area contributed by atoms with E-state index in [4.69, 9.17) is 4.74 Å². The van der Waals surface area contributed by atoms with Gasteiger partial charge in [-0.3, -0.25) is 4.79 Å². The zero-order chi connectivity index (χ0) is 14.5. The highest BCUT2D eigenvalue weighted by Crippen LogP contribution is 2.08. The van der Waals surface area contributed by atoms with Gasteiger partial charge in [-0.15, -0.1) is 5.10 Å². The van der Waals surface area contributed by atoms with Crippen LogP contribution in [0.25, 0.3) is 10.9 Å². The van der Waals surface area contributed by atoms with Crippen molar-refractivity contribution in [3.05, 3.63) is 65.0 Å². The molecule has 3 aromatic rings. The summed E-state index contributed by atoms with van der Waals surface area (Å²) in [6.07, 6.45) is 0.696. The third-order valence-corrected chi connectivity index (χ3v) is 3.16. The third kappa shape index (κ3) is 3.08. The highest BCUT2D eigenvalue weighted by molar-refractivity contribution is 5.76. The predicted octanol–water partition coefficient (Wildman–Crippen LogP) is 2.26. The first-order chi connectivity index (χ1) is 10.3. The van der Waals surface area contributed by atoms with E-state index < -0.39 is 0 Å². The summed E-state index contributed by atoms with van der Waals surface area (Å²) in [5.74, 6) is 0.828. The van der Waals surface area contributed by atoms with Crippen LogP contribution in [-0.2, 0) is 6.54 Å². The Morgan fingerprint density at radius 2 is 1.76 bits per heavy atom. The summed E-state index contributed by atoms with van der Waals surface area (Å²) < 4.78 is 6.98. The summed E-state index contributed by atoms with van der Waals surface area (Å²) in [6.45, 7) is 1.02. The van der Waals surface area contributed by atoms with Crippen molar-refractivity contribution >= 4 is 10.9 Å². The fraction of sp³-hybridized carbons (Fsp3) is 0.188. The van der Waals surface area contributed by atoms with Gasteiger partial charge in [0, 0.05) is 13.0 Å². The van der Waals surface area contributed by atoms with Gasteiger partial charge in [0.25, 0.3) is 5.56 Å². The van der Waals surface area contributed by atoms with Crippen LogP contribution in [0.15, 0.2) is 59.4 Å². The molecule has 3 rings (SSSR count). The number of fused-ring (bicyclic) bond motifs is 1. The van der Waals surface area contributed by atoms with Crippen LogP contribution in [0.1, 0.15) is 6.42 Å². The number of ether oxygens (including phenoxy) is 1. The molecule has 2 aromatic carbocycles. The van der Waals surface area contributed by atoms with Crippen molar-refractivity contribution in [2.45, 2.75) is 13.0 Å². The maximum Gasteiger partial charge on any atom is 0.277 e. The SMILES string of the molecule is O=c1c2ccccc2nnn1CCCOc1ccccc1. The lowest BCUT2D eigenvalue weighted by atomic mass is 10.2. The average molecular weight is 281 g/mol. The van der Waals surface area contributed by atoms with Gasteiger partial charge in [0.1, 0.15) is 11.3 Å². The number of para-hydroxylation sites is 1. The maximum atomic E-state index is 12.2. The molecule has 5 heteroatoms. The molecule has 1 heterocycles. The molecule has 0 spiro atoms. The van der Waals surface area contributed by atoms with E-state index in [2.05, 4.69) is 10.3 Å². The summed E-state index contributed by atoms with van der Waals surface area (Å²) >= 11 is 0. The van der Waals surface area contributed by atoms with Gasteiger partial charge in [-0.1, -0.05) is 35.5 Å². The van der Waals surface area contributed by atoms with Crippen LogP contribution in [0.4, 0.5) is 0 Å². The first kappa shape index (κ1) is 13.3. The van der Waals surface area contributed by atoms with E-state index in [9.17, 15) is 4.79 Å². The molecular formula is C16H15N3O2. The lowest BCUT2D eigenvalue weighted by molar-refractivity contribution is 0.296. The molecule has 0 aliphatic rings. The van der Waals surface area contributed by atoms with Gasteiger partial charge in [-0.2, -0.15) is 0 Å². The Bertz CT molecular complexity index is 784. The second kappa shape index (κ2) is 6.17. The van der Waals surface area contributed by atoms with Gasteiger partial charge in [0.15, 0.2) is 0 Å². The normalized spacial score (nSPS) is 10.7. The van der Waals surface area contributed by atoms with Crippen molar-refractivity contribution in [2.75, 3.05) is 6.61 Å². The van der Waals surface area contributed by atoms with Crippen LogP contribution in [0.2, 0.25) is 0 Å². The van der Waals surface area contributed by atoms with Crippen LogP contribution >= 0.6 is 0 Å². The molecule has 0 radical (unpaired) electrons. The highest BCUT2D eigenvalue weighted by atomic mass is 16.5. The minimum absolute atomic E-state index is 0.111. The Hall–Kier alpha value is -2.69. The molecule has 0 saturated carbocycles. The number of aryl methyl sites for hydroxylation is 1. The van der Waals surface area contributed by atoms with E-state index in [1.165, 1.54) is 4.68 Å². The summed E-state index contributed by atoms with van der Waals surface area (Å²) in [5.41, 5.74) is 0.514. The van der Waals surface area contributed by atoms with Crippen molar-refractivity contribution in [2.24, 2.45) is 0 Å². The molecule has 5 nitrogen and oxygen atoms in total. The molecule has 1 aromatic heterocycles. The van der Waals surface area contributed by atoms with Crippen molar-refractivity contribution < 1.29 is 4.74 Å². The molecule has 21 heavy (non-hydrogen) atoms. The Morgan fingerprint density at radius 3 is 2.62 bits per heavy atom. The quantitative estimate of drug-likeness (QED) is 0.673. The highest BCUT2D eigenvalue weighted by Gasteiger charge is 2.04. The standard InChI is InChI=1S/C16H15N3O2/c20-16-14-9-4-5-10-15(14)17-18-19(16)11-6-12-21-13-7-2-1-3-8-13/h1-5,7-10H,6,11-12H2. The number of aromatic nitrogens is 3. The molecule has 0 saturated heterocycles. The minimum Gasteiger partial charge on any atom is -0.494 e. The topological polar surface area (TPSA) is 57.0 Å². The Balaban J connectivity index is 1.63. The second-order valence-electron chi connectivity index (χ2n) is 4.65. The van der Waals surface area contributed by atoms with Crippen LogP contribution in [0.3, 0.4) is 0 Å². The maximum absolute atomic E-state index is 12.2. The second-order valence-corrected chi connectivity index (χ2v) is 4.65. The van der Waals surface area contributed by atoms with E-state index in [0.29, 0.717) is 30.5 Å². The van der Waals surface area contributed by atoms with Crippen LogP contribution < -0.4 is 10.3 Å². The van der Waals surface area contributed by atoms with Crippen LogP contribution in [0.5, 0.6) is 5.75 Å². The molecule has 0 bridgehead atoms. The number of hydrogen-bond acceptors (Lipinski definition) is 4. The van der Waals surface area contributed by atoms with E-state index in [-0.39, 0.29) is 5.56 Å². The van der Waals surface area contributed by atoms with Crippen molar-refractivity contribution in [3.63, 3.8) is 0 Å². The predicted molar refractivity (Wildman–Crippen MR) is 80.4 cm³/mol. The zero-order valence-corrected chi connectivity index (χ0v) is 11.5. The molecule has 0 fully saturated rings. The number of nitrogens with zero attached hydrogens (tertiary/aromatic N) is 3. The fourth-order valence-electron chi connectivity index (χ4n) is 2.09. The third-order valence-electron chi connectivity index (χ3n) is 3.16. The zero-order valence-electron chi connectivity index (χ0n) is 11.5.